The molecule has 0 saturated carbocycles. The molecule has 0 bridgehead atoms. The van der Waals surface area contributed by atoms with Gasteiger partial charge in [-0.2, -0.15) is 0 Å². The molecule has 4 rings (SSSR count). The molecule has 2 aliphatic rings. The number of carbonyl (C=O) groups is 2. The van der Waals surface area contributed by atoms with Crippen LogP contribution in [0.4, 0.5) is 0 Å². The summed E-state index contributed by atoms with van der Waals surface area (Å²) in [4.78, 5) is 27.2. The van der Waals surface area contributed by atoms with Crippen molar-refractivity contribution in [3.63, 3.8) is 0 Å². The smallest absolute Gasteiger partial charge is 0.309 e. The van der Waals surface area contributed by atoms with E-state index in [1.165, 1.54) is 6.07 Å². The Bertz CT molecular complexity index is 1100. The molecule has 0 unspecified atom stereocenters. The predicted molar refractivity (Wildman–Crippen MR) is 126 cm³/mol. The Morgan fingerprint density at radius 1 is 1.27 bits per heavy atom. The number of phenolic OH excluding ortho intramolecular Hbond substituents is 1. The number of piperidine rings is 1. The summed E-state index contributed by atoms with van der Waals surface area (Å²) in [7, 11) is 1.57. The number of hydrogen-bond donors (Lipinski definition) is 1. The molecule has 2 heterocycles. The number of ketones is 1. The van der Waals surface area contributed by atoms with E-state index in [0.29, 0.717) is 67.3 Å². The van der Waals surface area contributed by atoms with Gasteiger partial charge in [0.1, 0.15) is 17.2 Å². The summed E-state index contributed by atoms with van der Waals surface area (Å²) in [6.45, 7) is 4.00. The molecule has 33 heavy (non-hydrogen) atoms. The van der Waals surface area contributed by atoms with E-state index in [1.54, 1.807) is 25.3 Å². The van der Waals surface area contributed by atoms with Crippen LogP contribution in [0.2, 0.25) is 0 Å². The lowest BCUT2D eigenvalue weighted by atomic mass is 9.96. The average Bonchev–Trinajstić information content (AvgIpc) is 3.12. The second-order valence-corrected chi connectivity index (χ2v) is 8.98. The van der Waals surface area contributed by atoms with Crippen LogP contribution in [-0.2, 0) is 16.1 Å². The van der Waals surface area contributed by atoms with Crippen molar-refractivity contribution >= 4 is 33.8 Å². The summed E-state index contributed by atoms with van der Waals surface area (Å²) in [6.07, 6.45) is 3.04. The Morgan fingerprint density at radius 2 is 2.03 bits per heavy atom. The maximum atomic E-state index is 13.0. The molecule has 174 valence electrons. The molecule has 0 aliphatic carbocycles. The van der Waals surface area contributed by atoms with E-state index >= 15 is 0 Å². The lowest BCUT2D eigenvalue weighted by Crippen LogP contribution is -2.36. The van der Waals surface area contributed by atoms with Crippen LogP contribution < -0.4 is 9.47 Å². The topological polar surface area (TPSA) is 85.3 Å². The number of carbonyl (C=O) groups excluding carboxylic acids is 2. The van der Waals surface area contributed by atoms with Gasteiger partial charge < -0.3 is 19.3 Å². The molecule has 1 N–H and O–H groups in total. The highest BCUT2D eigenvalue weighted by atomic mass is 79.9. The van der Waals surface area contributed by atoms with Crippen LogP contribution in [0.3, 0.4) is 0 Å². The van der Waals surface area contributed by atoms with E-state index in [4.69, 9.17) is 14.2 Å². The SMILES string of the molecule is CCOC(=O)C1CCN(Cc2c(O)ccc3c2O/C(=C/c2cc(Br)ccc2OC)C3=O)CC1. The Labute approximate surface area is 201 Å². The quantitative estimate of drug-likeness (QED) is 0.445. The summed E-state index contributed by atoms with van der Waals surface area (Å²) < 4.78 is 17.4. The van der Waals surface area contributed by atoms with Gasteiger partial charge in [0.25, 0.3) is 0 Å². The number of Topliss-reactive ketones (excluding diaryl/α,β-unsaturated/α-hetero) is 1. The van der Waals surface area contributed by atoms with Gasteiger partial charge in [0, 0.05) is 16.6 Å². The largest absolute Gasteiger partial charge is 0.507 e. The van der Waals surface area contributed by atoms with Crippen molar-refractivity contribution in [2.45, 2.75) is 26.3 Å². The zero-order chi connectivity index (χ0) is 23.5. The molecule has 2 aromatic carbocycles. The van der Waals surface area contributed by atoms with Crippen molar-refractivity contribution in [3.8, 4) is 17.2 Å². The number of likely N-dealkylation sites (tertiary alicyclic amines) is 1. The minimum atomic E-state index is -0.241. The fourth-order valence-electron chi connectivity index (χ4n) is 4.22. The van der Waals surface area contributed by atoms with Crippen molar-refractivity contribution in [3.05, 3.63) is 57.3 Å². The van der Waals surface area contributed by atoms with Crippen molar-refractivity contribution in [2.24, 2.45) is 5.92 Å². The van der Waals surface area contributed by atoms with Gasteiger partial charge in [-0.05, 0) is 69.3 Å². The minimum absolute atomic E-state index is 0.0790. The van der Waals surface area contributed by atoms with Gasteiger partial charge in [0.2, 0.25) is 5.78 Å². The second-order valence-electron chi connectivity index (χ2n) is 8.07. The molecule has 0 radical (unpaired) electrons. The molecule has 1 saturated heterocycles. The zero-order valence-electron chi connectivity index (χ0n) is 18.6. The van der Waals surface area contributed by atoms with Crippen LogP contribution >= 0.6 is 15.9 Å². The maximum Gasteiger partial charge on any atom is 0.309 e. The van der Waals surface area contributed by atoms with Gasteiger partial charge >= 0.3 is 5.97 Å². The first-order valence-electron chi connectivity index (χ1n) is 10.9. The van der Waals surface area contributed by atoms with Gasteiger partial charge in [-0.25, -0.2) is 0 Å². The molecule has 8 heteroatoms. The van der Waals surface area contributed by atoms with Crippen LogP contribution in [0.5, 0.6) is 17.2 Å². The number of esters is 1. The summed E-state index contributed by atoms with van der Waals surface area (Å²) >= 11 is 3.44. The number of methoxy groups -OCH3 is 1. The van der Waals surface area contributed by atoms with Crippen molar-refractivity contribution in [1.29, 1.82) is 0 Å². The number of allylic oxidation sites excluding steroid dienone is 1. The predicted octanol–water partition coefficient (Wildman–Crippen LogP) is 4.55. The Hall–Kier alpha value is -2.84. The number of rotatable bonds is 6. The summed E-state index contributed by atoms with van der Waals surface area (Å²) in [6, 6.07) is 8.62. The monoisotopic (exact) mass is 515 g/mol. The lowest BCUT2D eigenvalue weighted by Gasteiger charge is -2.31. The molecule has 0 amide bonds. The highest BCUT2D eigenvalue weighted by Gasteiger charge is 2.33. The molecule has 2 aromatic rings. The van der Waals surface area contributed by atoms with Crippen molar-refractivity contribution in [1.82, 2.24) is 4.90 Å². The van der Waals surface area contributed by atoms with Crippen molar-refractivity contribution in [2.75, 3.05) is 26.8 Å². The minimum Gasteiger partial charge on any atom is -0.507 e. The van der Waals surface area contributed by atoms with Crippen LogP contribution in [-0.4, -0.2) is 48.6 Å². The zero-order valence-corrected chi connectivity index (χ0v) is 20.2. The maximum absolute atomic E-state index is 13.0. The van der Waals surface area contributed by atoms with Crippen molar-refractivity contribution < 1.29 is 28.9 Å². The van der Waals surface area contributed by atoms with Gasteiger partial charge in [0.15, 0.2) is 5.76 Å². The number of aromatic hydroxyl groups is 1. The third-order valence-electron chi connectivity index (χ3n) is 5.98. The van der Waals surface area contributed by atoms with Gasteiger partial charge in [-0.1, -0.05) is 15.9 Å². The van der Waals surface area contributed by atoms with E-state index in [9.17, 15) is 14.7 Å². The molecular weight excluding hydrogens is 490 g/mol. The van der Waals surface area contributed by atoms with Crippen LogP contribution in [0.1, 0.15) is 41.3 Å². The Kier molecular flexibility index (Phi) is 7.05. The second kappa shape index (κ2) is 9.97. The highest BCUT2D eigenvalue weighted by molar-refractivity contribution is 9.10. The number of fused-ring (bicyclic) bond motifs is 1. The molecule has 0 atom stereocenters. The first kappa shape index (κ1) is 23.3. The number of ether oxygens (including phenoxy) is 3. The summed E-state index contributed by atoms with van der Waals surface area (Å²) in [5.41, 5.74) is 1.69. The average molecular weight is 516 g/mol. The summed E-state index contributed by atoms with van der Waals surface area (Å²) in [5, 5.41) is 10.6. The molecule has 0 spiro atoms. The first-order chi connectivity index (χ1) is 15.9. The van der Waals surface area contributed by atoms with Crippen LogP contribution in [0.25, 0.3) is 6.08 Å². The van der Waals surface area contributed by atoms with Gasteiger partial charge in [-0.3, -0.25) is 14.5 Å². The van der Waals surface area contributed by atoms with Gasteiger partial charge in [0.05, 0.1) is 30.8 Å². The van der Waals surface area contributed by atoms with Crippen LogP contribution in [0, 0.1) is 5.92 Å². The first-order valence-corrected chi connectivity index (χ1v) is 11.7. The highest BCUT2D eigenvalue weighted by Crippen LogP contribution is 2.41. The third-order valence-corrected chi connectivity index (χ3v) is 6.48. The van der Waals surface area contributed by atoms with E-state index < -0.39 is 0 Å². The third kappa shape index (κ3) is 4.91. The molecule has 1 fully saturated rings. The molecule has 2 aliphatic heterocycles. The fraction of sp³-hybridized carbons (Fsp3) is 0.360. The van der Waals surface area contributed by atoms with E-state index in [1.807, 2.05) is 19.1 Å². The van der Waals surface area contributed by atoms with E-state index in [-0.39, 0.29) is 29.2 Å². The van der Waals surface area contributed by atoms with E-state index in [0.717, 1.165) is 4.47 Å². The molecule has 0 aromatic heterocycles. The lowest BCUT2D eigenvalue weighted by molar-refractivity contribution is -0.149. The standard InChI is InChI=1S/C25H26BrNO6/c1-3-32-25(30)15-8-10-27(11-9-15)14-19-20(28)6-5-18-23(29)22(33-24(18)19)13-16-12-17(26)4-7-21(16)31-2/h4-7,12-13,15,28H,3,8-11,14H2,1-2H3/b22-13+. The molecule has 7 nitrogen and oxygen atoms in total. The molecular formula is C25H26BrNO6. The van der Waals surface area contributed by atoms with Gasteiger partial charge in [-0.15, -0.1) is 0 Å². The number of phenols is 1. The summed E-state index contributed by atoms with van der Waals surface area (Å²) in [5.74, 6) is 0.772. The number of nitrogens with zero attached hydrogens (tertiary/aromatic N) is 1. The Morgan fingerprint density at radius 3 is 2.73 bits per heavy atom. The number of halogens is 1. The normalized spacial score (nSPS) is 17.7. The number of hydrogen-bond acceptors (Lipinski definition) is 7. The Balaban J connectivity index is 1.54. The van der Waals surface area contributed by atoms with E-state index in [2.05, 4.69) is 20.8 Å². The van der Waals surface area contributed by atoms with Crippen LogP contribution in [0.15, 0.2) is 40.6 Å². The number of benzene rings is 2. The fourth-order valence-corrected chi connectivity index (χ4v) is 4.60.